The maximum absolute atomic E-state index is 5.83. The van der Waals surface area contributed by atoms with Crippen LogP contribution < -0.4 is 5.73 Å². The van der Waals surface area contributed by atoms with Crippen LogP contribution >= 0.6 is 0 Å². The van der Waals surface area contributed by atoms with Gasteiger partial charge in [0.15, 0.2) is 0 Å². The third kappa shape index (κ3) is 2.60. The molecular weight excluding hydrogens is 182 g/mol. The lowest BCUT2D eigenvalue weighted by Crippen LogP contribution is -2.17. The van der Waals surface area contributed by atoms with Crippen LogP contribution in [0.5, 0.6) is 0 Å². The molecule has 2 atom stereocenters. The molecule has 0 fully saturated rings. The molecule has 0 saturated heterocycles. The van der Waals surface area contributed by atoms with Gasteiger partial charge in [0, 0.05) is 6.04 Å². The predicted molar refractivity (Wildman–Crippen MR) is 65.0 cm³/mol. The van der Waals surface area contributed by atoms with Gasteiger partial charge in [0.05, 0.1) is 0 Å². The van der Waals surface area contributed by atoms with E-state index < -0.39 is 0 Å². The van der Waals surface area contributed by atoms with Gasteiger partial charge in [-0.3, -0.25) is 0 Å². The molecule has 1 unspecified atom stereocenters. The van der Waals surface area contributed by atoms with Crippen molar-refractivity contribution in [2.45, 2.75) is 51.0 Å². The summed E-state index contributed by atoms with van der Waals surface area (Å²) in [5.74, 6) is 0.765. The van der Waals surface area contributed by atoms with Crippen LogP contribution in [0.15, 0.2) is 24.3 Å². The Balaban J connectivity index is 2.08. The molecular formula is C14H21N. The van der Waals surface area contributed by atoms with E-state index in [0.717, 1.165) is 12.3 Å². The Kier molecular flexibility index (Phi) is 3.42. The lowest BCUT2D eigenvalue weighted by molar-refractivity contribution is 0.482. The van der Waals surface area contributed by atoms with E-state index >= 15 is 0 Å². The van der Waals surface area contributed by atoms with Gasteiger partial charge in [0.2, 0.25) is 0 Å². The highest BCUT2D eigenvalue weighted by atomic mass is 14.6. The predicted octanol–water partition coefficient (Wildman–Crippen LogP) is 3.23. The zero-order valence-corrected chi connectivity index (χ0v) is 9.58. The van der Waals surface area contributed by atoms with Crippen molar-refractivity contribution < 1.29 is 0 Å². The van der Waals surface area contributed by atoms with E-state index in [1.54, 1.807) is 11.1 Å². The summed E-state index contributed by atoms with van der Waals surface area (Å²) in [7, 11) is 0. The molecule has 2 N–H and O–H groups in total. The van der Waals surface area contributed by atoms with Gasteiger partial charge < -0.3 is 5.73 Å². The average molecular weight is 203 g/mol. The molecule has 82 valence electrons. The van der Waals surface area contributed by atoms with Crippen LogP contribution in [0, 0.1) is 0 Å². The van der Waals surface area contributed by atoms with Crippen LogP contribution in [0.3, 0.4) is 0 Å². The molecule has 2 rings (SSSR count). The maximum atomic E-state index is 5.83. The summed E-state index contributed by atoms with van der Waals surface area (Å²) < 4.78 is 0. The average Bonchev–Trinajstić information content (AvgIpc) is 2.26. The minimum Gasteiger partial charge on any atom is -0.328 e. The second-order valence-corrected chi connectivity index (χ2v) is 4.84. The Morgan fingerprint density at radius 2 is 2.20 bits per heavy atom. The van der Waals surface area contributed by atoms with Crippen molar-refractivity contribution in [3.8, 4) is 0 Å². The molecule has 0 radical (unpaired) electrons. The van der Waals surface area contributed by atoms with Gasteiger partial charge in [-0.25, -0.2) is 0 Å². The van der Waals surface area contributed by atoms with Crippen LogP contribution in [0.25, 0.3) is 0 Å². The monoisotopic (exact) mass is 203 g/mol. The van der Waals surface area contributed by atoms with Crippen LogP contribution in [-0.4, -0.2) is 6.04 Å². The number of fused-ring (bicyclic) bond motifs is 1. The smallest absolute Gasteiger partial charge is 0.00106 e. The van der Waals surface area contributed by atoms with Crippen molar-refractivity contribution in [3.05, 3.63) is 35.4 Å². The number of benzene rings is 1. The minimum atomic E-state index is 0.346. The molecule has 1 aromatic carbocycles. The van der Waals surface area contributed by atoms with Gasteiger partial charge in [0.25, 0.3) is 0 Å². The summed E-state index contributed by atoms with van der Waals surface area (Å²) in [5.41, 5.74) is 8.98. The minimum absolute atomic E-state index is 0.346. The second-order valence-electron chi connectivity index (χ2n) is 4.84. The summed E-state index contributed by atoms with van der Waals surface area (Å²) in [4.78, 5) is 0. The van der Waals surface area contributed by atoms with Gasteiger partial charge in [0.1, 0.15) is 0 Å². The Labute approximate surface area is 92.7 Å². The van der Waals surface area contributed by atoms with Crippen molar-refractivity contribution in [3.63, 3.8) is 0 Å². The first-order chi connectivity index (χ1) is 7.27. The molecule has 0 amide bonds. The Morgan fingerprint density at radius 1 is 1.40 bits per heavy atom. The van der Waals surface area contributed by atoms with Gasteiger partial charge in [-0.15, -0.1) is 0 Å². The van der Waals surface area contributed by atoms with Crippen molar-refractivity contribution in [1.29, 1.82) is 0 Å². The molecule has 0 aliphatic heterocycles. The topological polar surface area (TPSA) is 26.0 Å². The van der Waals surface area contributed by atoms with Crippen molar-refractivity contribution in [2.75, 3.05) is 0 Å². The Bertz CT molecular complexity index is 317. The SMILES string of the molecule is C[C@H](N)CCC1CCCc2ccccc21. The Hall–Kier alpha value is -0.820. The first-order valence-corrected chi connectivity index (χ1v) is 6.11. The van der Waals surface area contributed by atoms with E-state index in [9.17, 15) is 0 Å². The molecule has 0 aromatic heterocycles. The summed E-state index contributed by atoms with van der Waals surface area (Å²) in [6.07, 6.45) is 6.38. The molecule has 0 spiro atoms. The van der Waals surface area contributed by atoms with Gasteiger partial charge >= 0.3 is 0 Å². The van der Waals surface area contributed by atoms with E-state index in [1.807, 2.05) is 0 Å². The van der Waals surface area contributed by atoms with Crippen molar-refractivity contribution in [2.24, 2.45) is 5.73 Å². The molecule has 1 heteroatoms. The molecule has 15 heavy (non-hydrogen) atoms. The molecule has 1 nitrogen and oxygen atoms in total. The van der Waals surface area contributed by atoms with E-state index in [-0.39, 0.29) is 0 Å². The summed E-state index contributed by atoms with van der Waals surface area (Å²) in [6, 6.07) is 9.27. The third-order valence-electron chi connectivity index (χ3n) is 3.46. The lowest BCUT2D eigenvalue weighted by Gasteiger charge is -2.25. The first kappa shape index (κ1) is 10.7. The maximum Gasteiger partial charge on any atom is 0.00106 e. The van der Waals surface area contributed by atoms with Gasteiger partial charge in [-0.05, 0) is 56.1 Å². The van der Waals surface area contributed by atoms with Crippen molar-refractivity contribution in [1.82, 2.24) is 0 Å². The second kappa shape index (κ2) is 4.80. The van der Waals surface area contributed by atoms with Crippen LogP contribution in [0.1, 0.15) is 49.7 Å². The zero-order chi connectivity index (χ0) is 10.7. The van der Waals surface area contributed by atoms with Crippen LogP contribution in [0.4, 0.5) is 0 Å². The number of hydrogen-bond acceptors (Lipinski definition) is 1. The number of nitrogens with two attached hydrogens (primary N) is 1. The molecule has 0 heterocycles. The number of aryl methyl sites for hydroxylation is 1. The van der Waals surface area contributed by atoms with Gasteiger partial charge in [-0.2, -0.15) is 0 Å². The van der Waals surface area contributed by atoms with Crippen LogP contribution in [0.2, 0.25) is 0 Å². The molecule has 1 aliphatic carbocycles. The van der Waals surface area contributed by atoms with E-state index in [0.29, 0.717) is 6.04 Å². The summed E-state index contributed by atoms with van der Waals surface area (Å²) >= 11 is 0. The highest BCUT2D eigenvalue weighted by molar-refractivity contribution is 5.32. The highest BCUT2D eigenvalue weighted by Crippen LogP contribution is 2.34. The highest BCUT2D eigenvalue weighted by Gasteiger charge is 2.19. The van der Waals surface area contributed by atoms with E-state index in [2.05, 4.69) is 31.2 Å². The quantitative estimate of drug-likeness (QED) is 0.802. The molecule has 1 aliphatic rings. The first-order valence-electron chi connectivity index (χ1n) is 6.11. The fourth-order valence-electron chi connectivity index (χ4n) is 2.62. The van der Waals surface area contributed by atoms with Crippen LogP contribution in [-0.2, 0) is 6.42 Å². The lowest BCUT2D eigenvalue weighted by atomic mass is 9.80. The molecule has 0 saturated carbocycles. The number of rotatable bonds is 3. The van der Waals surface area contributed by atoms with E-state index in [4.69, 9.17) is 5.73 Å². The Morgan fingerprint density at radius 3 is 3.00 bits per heavy atom. The van der Waals surface area contributed by atoms with Gasteiger partial charge in [-0.1, -0.05) is 24.3 Å². The zero-order valence-electron chi connectivity index (χ0n) is 9.58. The largest absolute Gasteiger partial charge is 0.328 e. The standard InChI is InChI=1S/C14H21N/c1-11(15)9-10-13-7-4-6-12-5-2-3-8-14(12)13/h2-3,5,8,11,13H,4,6-7,9-10,15H2,1H3/t11-,13?/m0/s1. The summed E-state index contributed by atoms with van der Waals surface area (Å²) in [6.45, 7) is 2.11. The number of hydrogen-bond donors (Lipinski definition) is 1. The molecule has 0 bridgehead atoms. The fraction of sp³-hybridized carbons (Fsp3) is 0.571. The third-order valence-corrected chi connectivity index (χ3v) is 3.46. The molecule has 1 aromatic rings. The van der Waals surface area contributed by atoms with E-state index in [1.165, 1.54) is 25.7 Å². The fourth-order valence-corrected chi connectivity index (χ4v) is 2.62. The normalized spacial score (nSPS) is 22.1. The van der Waals surface area contributed by atoms with Crippen molar-refractivity contribution >= 4 is 0 Å². The summed E-state index contributed by atoms with van der Waals surface area (Å²) in [5, 5.41) is 0.